The average molecular weight is 207 g/mol. The van der Waals surface area contributed by atoms with Crippen LogP contribution in [0.2, 0.25) is 0 Å². The third-order valence-electron chi connectivity index (χ3n) is 2.34. The summed E-state index contributed by atoms with van der Waals surface area (Å²) in [6, 6.07) is 8.11. The van der Waals surface area contributed by atoms with Gasteiger partial charge in [0.05, 0.1) is 6.61 Å². The minimum Gasteiger partial charge on any atom is -0.494 e. The molecule has 0 aliphatic heterocycles. The average Bonchev–Trinajstić information content (AvgIpc) is 2.18. The van der Waals surface area contributed by atoms with E-state index >= 15 is 0 Å². The first-order chi connectivity index (χ1) is 7.15. The summed E-state index contributed by atoms with van der Waals surface area (Å²) in [6.07, 6.45) is 0.990. The highest BCUT2D eigenvalue weighted by Gasteiger charge is 2.12. The van der Waals surface area contributed by atoms with Crippen molar-refractivity contribution in [2.75, 3.05) is 6.61 Å². The van der Waals surface area contributed by atoms with E-state index in [9.17, 15) is 0 Å². The van der Waals surface area contributed by atoms with Crippen LogP contribution in [-0.4, -0.2) is 6.61 Å². The van der Waals surface area contributed by atoms with Crippen LogP contribution in [0, 0.1) is 5.92 Å². The molecular weight excluding hydrogens is 186 g/mol. The van der Waals surface area contributed by atoms with Crippen LogP contribution >= 0.6 is 0 Å². The Labute approximate surface area is 92.4 Å². The molecule has 1 aromatic carbocycles. The number of ether oxygens (including phenoxy) is 1. The number of rotatable bonds is 5. The molecule has 2 N–H and O–H groups in total. The van der Waals surface area contributed by atoms with E-state index in [0.29, 0.717) is 12.5 Å². The zero-order chi connectivity index (χ0) is 11.3. The molecule has 15 heavy (non-hydrogen) atoms. The molecule has 0 spiro atoms. The van der Waals surface area contributed by atoms with Crippen molar-refractivity contribution in [2.24, 2.45) is 11.7 Å². The summed E-state index contributed by atoms with van der Waals surface area (Å²) < 4.78 is 5.56. The summed E-state index contributed by atoms with van der Waals surface area (Å²) in [5.74, 6) is 1.53. The number of benzene rings is 1. The fraction of sp³-hybridized carbons (Fsp3) is 0.538. The first-order valence-electron chi connectivity index (χ1n) is 5.62. The van der Waals surface area contributed by atoms with Gasteiger partial charge < -0.3 is 10.5 Å². The van der Waals surface area contributed by atoms with E-state index in [1.165, 1.54) is 0 Å². The maximum Gasteiger partial charge on any atom is 0.124 e. The van der Waals surface area contributed by atoms with Gasteiger partial charge in [0.15, 0.2) is 0 Å². The molecule has 0 amide bonds. The van der Waals surface area contributed by atoms with Gasteiger partial charge in [0.1, 0.15) is 5.75 Å². The topological polar surface area (TPSA) is 35.2 Å². The van der Waals surface area contributed by atoms with Crippen molar-refractivity contribution in [3.05, 3.63) is 29.8 Å². The molecule has 0 fully saturated rings. The normalized spacial score (nSPS) is 12.9. The third kappa shape index (κ3) is 3.56. The molecule has 0 aliphatic rings. The van der Waals surface area contributed by atoms with Crippen LogP contribution < -0.4 is 10.5 Å². The number of hydrogen-bond acceptors (Lipinski definition) is 2. The van der Waals surface area contributed by atoms with E-state index in [0.717, 1.165) is 17.7 Å². The van der Waals surface area contributed by atoms with Crippen molar-refractivity contribution in [2.45, 2.75) is 33.2 Å². The lowest BCUT2D eigenvalue weighted by Crippen LogP contribution is -2.14. The molecule has 0 bridgehead atoms. The molecular formula is C13H21NO. The lowest BCUT2D eigenvalue weighted by atomic mass is 9.97. The number of para-hydroxylation sites is 1. The predicted molar refractivity (Wildman–Crippen MR) is 64.0 cm³/mol. The highest BCUT2D eigenvalue weighted by molar-refractivity contribution is 5.35. The van der Waals surface area contributed by atoms with E-state index in [-0.39, 0.29) is 6.04 Å². The standard InChI is InChI=1S/C13H21NO/c1-4-15-13-8-6-5-7-11(13)12(14)9-10(2)3/h5-8,10,12H,4,9,14H2,1-3H3/t12-/m1/s1. The maximum atomic E-state index is 6.15. The Morgan fingerprint density at radius 2 is 1.93 bits per heavy atom. The lowest BCUT2D eigenvalue weighted by Gasteiger charge is -2.17. The van der Waals surface area contributed by atoms with E-state index in [1.54, 1.807) is 0 Å². The summed E-state index contributed by atoms with van der Waals surface area (Å²) in [6.45, 7) is 7.04. The van der Waals surface area contributed by atoms with Gasteiger partial charge >= 0.3 is 0 Å². The third-order valence-corrected chi connectivity index (χ3v) is 2.34. The van der Waals surface area contributed by atoms with Crippen molar-refractivity contribution in [3.63, 3.8) is 0 Å². The Hall–Kier alpha value is -1.02. The minimum absolute atomic E-state index is 0.0766. The molecule has 0 aromatic heterocycles. The van der Waals surface area contributed by atoms with Crippen LogP contribution in [0.4, 0.5) is 0 Å². The van der Waals surface area contributed by atoms with Gasteiger partial charge in [-0.25, -0.2) is 0 Å². The van der Waals surface area contributed by atoms with Gasteiger partial charge in [-0.2, -0.15) is 0 Å². The van der Waals surface area contributed by atoms with Crippen LogP contribution in [0.1, 0.15) is 38.8 Å². The first-order valence-corrected chi connectivity index (χ1v) is 5.62. The van der Waals surface area contributed by atoms with Gasteiger partial charge in [-0.15, -0.1) is 0 Å². The van der Waals surface area contributed by atoms with Crippen LogP contribution in [0.3, 0.4) is 0 Å². The van der Waals surface area contributed by atoms with Crippen molar-refractivity contribution >= 4 is 0 Å². The van der Waals surface area contributed by atoms with Crippen molar-refractivity contribution in [1.29, 1.82) is 0 Å². The van der Waals surface area contributed by atoms with Crippen LogP contribution in [0.25, 0.3) is 0 Å². The van der Waals surface area contributed by atoms with Gasteiger partial charge in [-0.1, -0.05) is 32.0 Å². The quantitative estimate of drug-likeness (QED) is 0.805. The first kappa shape index (κ1) is 12.1. The minimum atomic E-state index is 0.0766. The van der Waals surface area contributed by atoms with Gasteiger partial charge in [-0.3, -0.25) is 0 Å². The Morgan fingerprint density at radius 1 is 1.27 bits per heavy atom. The molecule has 1 rings (SSSR count). The second kappa shape index (κ2) is 5.76. The molecule has 84 valence electrons. The van der Waals surface area contributed by atoms with E-state index in [1.807, 2.05) is 25.1 Å². The Bertz CT molecular complexity index is 296. The summed E-state index contributed by atoms with van der Waals surface area (Å²) in [5, 5.41) is 0. The lowest BCUT2D eigenvalue weighted by molar-refractivity contribution is 0.332. The Morgan fingerprint density at radius 3 is 2.53 bits per heavy atom. The second-order valence-corrected chi connectivity index (χ2v) is 4.21. The zero-order valence-corrected chi connectivity index (χ0v) is 9.86. The molecule has 0 radical (unpaired) electrons. The van der Waals surface area contributed by atoms with Gasteiger partial charge in [0, 0.05) is 11.6 Å². The second-order valence-electron chi connectivity index (χ2n) is 4.21. The van der Waals surface area contributed by atoms with Crippen molar-refractivity contribution in [3.8, 4) is 5.75 Å². The summed E-state index contributed by atoms with van der Waals surface area (Å²) in [5.41, 5.74) is 7.27. The molecule has 0 saturated carbocycles. The van der Waals surface area contributed by atoms with Crippen LogP contribution in [-0.2, 0) is 0 Å². The molecule has 0 unspecified atom stereocenters. The van der Waals surface area contributed by atoms with Gasteiger partial charge in [0.2, 0.25) is 0 Å². The van der Waals surface area contributed by atoms with E-state index in [4.69, 9.17) is 10.5 Å². The smallest absolute Gasteiger partial charge is 0.124 e. The van der Waals surface area contributed by atoms with Crippen molar-refractivity contribution < 1.29 is 4.74 Å². The fourth-order valence-corrected chi connectivity index (χ4v) is 1.71. The molecule has 0 heterocycles. The largest absolute Gasteiger partial charge is 0.494 e. The highest BCUT2D eigenvalue weighted by atomic mass is 16.5. The SMILES string of the molecule is CCOc1ccccc1[C@H](N)CC(C)C. The van der Waals surface area contributed by atoms with Gasteiger partial charge in [0.25, 0.3) is 0 Å². The Kier molecular flexibility index (Phi) is 4.63. The monoisotopic (exact) mass is 207 g/mol. The fourth-order valence-electron chi connectivity index (χ4n) is 1.71. The summed E-state index contributed by atoms with van der Waals surface area (Å²) >= 11 is 0. The zero-order valence-electron chi connectivity index (χ0n) is 9.86. The molecule has 1 aromatic rings. The van der Waals surface area contributed by atoms with Crippen LogP contribution in [0.5, 0.6) is 5.75 Å². The van der Waals surface area contributed by atoms with E-state index < -0.39 is 0 Å². The van der Waals surface area contributed by atoms with Crippen LogP contribution in [0.15, 0.2) is 24.3 Å². The Balaban J connectivity index is 2.81. The molecule has 1 atom stereocenters. The van der Waals surface area contributed by atoms with E-state index in [2.05, 4.69) is 19.9 Å². The number of nitrogens with two attached hydrogens (primary N) is 1. The summed E-state index contributed by atoms with van der Waals surface area (Å²) in [4.78, 5) is 0. The number of hydrogen-bond donors (Lipinski definition) is 1. The van der Waals surface area contributed by atoms with Gasteiger partial charge in [-0.05, 0) is 25.3 Å². The molecule has 2 heteroatoms. The molecule has 0 aliphatic carbocycles. The van der Waals surface area contributed by atoms with Crippen molar-refractivity contribution in [1.82, 2.24) is 0 Å². The molecule has 2 nitrogen and oxygen atoms in total. The maximum absolute atomic E-state index is 6.15. The highest BCUT2D eigenvalue weighted by Crippen LogP contribution is 2.27. The summed E-state index contributed by atoms with van der Waals surface area (Å²) in [7, 11) is 0. The predicted octanol–water partition coefficient (Wildman–Crippen LogP) is 3.13. The molecule has 0 saturated heterocycles.